The number of aromatic amines is 1. The fourth-order valence-electron chi connectivity index (χ4n) is 1.16. The Morgan fingerprint density at radius 2 is 2.33 bits per heavy atom. The monoisotopic (exact) mass is 321 g/mol. The van der Waals surface area contributed by atoms with Gasteiger partial charge in [0, 0.05) is 6.07 Å². The summed E-state index contributed by atoms with van der Waals surface area (Å²) in [5.74, 6) is 2.78. The summed E-state index contributed by atoms with van der Waals surface area (Å²) >= 11 is 4.14. The summed E-state index contributed by atoms with van der Waals surface area (Å²) in [4.78, 5) is 19.3. The van der Waals surface area contributed by atoms with Gasteiger partial charge in [-0.25, -0.2) is 9.97 Å². The highest BCUT2D eigenvalue weighted by Gasteiger charge is 2.11. The highest BCUT2D eigenvalue weighted by molar-refractivity contribution is 9.10. The molecule has 0 aliphatic carbocycles. The molecule has 0 aromatic carbocycles. The predicted molar refractivity (Wildman–Crippen MR) is 70.6 cm³/mol. The number of nitrogens with one attached hydrogen (secondary N) is 2. The maximum atomic E-state index is 11.3. The number of terminal acetylenes is 1. The van der Waals surface area contributed by atoms with Gasteiger partial charge >= 0.3 is 0 Å². The van der Waals surface area contributed by atoms with Crippen LogP contribution < -0.4 is 10.9 Å². The molecule has 0 fully saturated rings. The van der Waals surface area contributed by atoms with Gasteiger partial charge < -0.3 is 5.32 Å². The van der Waals surface area contributed by atoms with E-state index in [1.54, 1.807) is 0 Å². The van der Waals surface area contributed by atoms with E-state index in [9.17, 15) is 4.79 Å². The summed E-state index contributed by atoms with van der Waals surface area (Å²) in [6.07, 6.45) is 5.25. The Kier molecular flexibility index (Phi) is 3.42. The number of halogens is 1. The van der Waals surface area contributed by atoms with Crippen molar-refractivity contribution in [2.24, 2.45) is 0 Å². The molecule has 0 amide bonds. The summed E-state index contributed by atoms with van der Waals surface area (Å²) < 4.78 is 2.78. The predicted octanol–water partition coefficient (Wildman–Crippen LogP) is 1.59. The normalized spacial score (nSPS) is 9.50. The molecule has 8 heteroatoms. The quantitative estimate of drug-likeness (QED) is 0.647. The van der Waals surface area contributed by atoms with Crippen molar-refractivity contribution in [3.63, 3.8) is 0 Å². The molecule has 2 aromatic heterocycles. The third-order valence-corrected chi connectivity index (χ3v) is 3.05. The van der Waals surface area contributed by atoms with E-state index in [-0.39, 0.29) is 5.56 Å². The van der Waals surface area contributed by atoms with Crippen LogP contribution in [-0.4, -0.2) is 14.3 Å². The minimum Gasteiger partial charge on any atom is -0.329 e. The van der Waals surface area contributed by atoms with E-state index in [0.29, 0.717) is 21.2 Å². The van der Waals surface area contributed by atoms with Gasteiger partial charge in [-0.1, -0.05) is 5.92 Å². The van der Waals surface area contributed by atoms with Crippen LogP contribution in [0.25, 0.3) is 0 Å². The number of hydrogen-bond acceptors (Lipinski definition) is 6. The first-order valence-electron chi connectivity index (χ1n) is 4.54. The molecule has 2 aromatic rings. The van der Waals surface area contributed by atoms with Crippen LogP contribution in [0, 0.1) is 23.7 Å². The molecule has 18 heavy (non-hydrogen) atoms. The standard InChI is InChI=1S/C10H4BrN5OS/c1-2-5-3-7(15-10(11)13-5)14-9-6(4-12)8(17)16-18-9/h1,3H,(H,16,17)(H,13,14,15). The third-order valence-electron chi connectivity index (χ3n) is 1.90. The van der Waals surface area contributed by atoms with E-state index in [1.165, 1.54) is 6.07 Å². The molecule has 0 saturated carbocycles. The van der Waals surface area contributed by atoms with Gasteiger partial charge in [-0.3, -0.25) is 9.17 Å². The van der Waals surface area contributed by atoms with Crippen LogP contribution in [0.5, 0.6) is 0 Å². The van der Waals surface area contributed by atoms with Crippen LogP contribution >= 0.6 is 27.5 Å². The average molecular weight is 322 g/mol. The summed E-state index contributed by atoms with van der Waals surface area (Å²) in [7, 11) is 0. The van der Waals surface area contributed by atoms with Crippen molar-refractivity contribution in [1.29, 1.82) is 5.26 Å². The van der Waals surface area contributed by atoms with Crippen LogP contribution in [0.1, 0.15) is 11.3 Å². The second-order valence-corrected chi connectivity index (χ2v) is 4.55. The van der Waals surface area contributed by atoms with Gasteiger partial charge in [0.05, 0.1) is 0 Å². The van der Waals surface area contributed by atoms with Crippen LogP contribution in [0.15, 0.2) is 15.6 Å². The molecule has 0 unspecified atom stereocenters. The molecule has 2 rings (SSSR count). The summed E-state index contributed by atoms with van der Waals surface area (Å²) in [5.41, 5.74) is -0.0342. The van der Waals surface area contributed by atoms with Gasteiger partial charge in [0.2, 0.25) is 0 Å². The van der Waals surface area contributed by atoms with E-state index >= 15 is 0 Å². The molecule has 2 heterocycles. The topological polar surface area (TPSA) is 94.5 Å². The molecule has 6 nitrogen and oxygen atoms in total. The largest absolute Gasteiger partial charge is 0.329 e. The molecule has 2 N–H and O–H groups in total. The lowest BCUT2D eigenvalue weighted by Gasteiger charge is -2.03. The fraction of sp³-hybridized carbons (Fsp3) is 0. The maximum Gasteiger partial charge on any atom is 0.278 e. The van der Waals surface area contributed by atoms with E-state index in [2.05, 4.69) is 41.5 Å². The van der Waals surface area contributed by atoms with Crippen molar-refractivity contribution in [2.45, 2.75) is 0 Å². The SMILES string of the molecule is C#Cc1cc(Nc2s[nH]c(=O)c2C#N)nc(Br)n1. The minimum atomic E-state index is -0.435. The van der Waals surface area contributed by atoms with Crippen LogP contribution in [-0.2, 0) is 0 Å². The molecular weight excluding hydrogens is 318 g/mol. The molecular formula is C10H4BrN5OS. The van der Waals surface area contributed by atoms with Gasteiger partial charge in [0.15, 0.2) is 10.3 Å². The van der Waals surface area contributed by atoms with Gasteiger partial charge in [-0.2, -0.15) is 5.26 Å². The Bertz CT molecular complexity index is 736. The first-order chi connectivity index (χ1) is 8.63. The van der Waals surface area contributed by atoms with Crippen molar-refractivity contribution < 1.29 is 0 Å². The number of rotatable bonds is 2. The minimum absolute atomic E-state index is 0.0111. The number of H-pyrrole nitrogens is 1. The maximum absolute atomic E-state index is 11.3. The number of hydrogen-bond donors (Lipinski definition) is 2. The number of aromatic nitrogens is 3. The molecule has 0 radical (unpaired) electrons. The zero-order valence-electron chi connectivity index (χ0n) is 8.69. The van der Waals surface area contributed by atoms with Gasteiger partial charge in [0.25, 0.3) is 5.56 Å². The Balaban J connectivity index is 2.41. The van der Waals surface area contributed by atoms with Crippen molar-refractivity contribution in [3.8, 4) is 18.4 Å². The van der Waals surface area contributed by atoms with Crippen molar-refractivity contribution >= 4 is 38.3 Å². The highest BCUT2D eigenvalue weighted by Crippen LogP contribution is 2.21. The van der Waals surface area contributed by atoms with E-state index in [4.69, 9.17) is 11.7 Å². The number of nitriles is 1. The molecule has 0 bridgehead atoms. The van der Waals surface area contributed by atoms with Gasteiger partial charge in [0.1, 0.15) is 22.6 Å². The number of anilines is 2. The molecule has 88 valence electrons. The average Bonchev–Trinajstić information content (AvgIpc) is 2.69. The lowest BCUT2D eigenvalue weighted by atomic mass is 10.3. The second kappa shape index (κ2) is 5.00. The molecule has 0 aliphatic heterocycles. The third kappa shape index (κ3) is 2.40. The summed E-state index contributed by atoms with van der Waals surface area (Å²) in [5, 5.41) is 12.1. The zero-order valence-corrected chi connectivity index (χ0v) is 11.1. The van der Waals surface area contributed by atoms with Crippen LogP contribution in [0.2, 0.25) is 0 Å². The molecule has 0 aliphatic rings. The van der Waals surface area contributed by atoms with Crippen molar-refractivity contribution in [1.82, 2.24) is 14.3 Å². The van der Waals surface area contributed by atoms with E-state index in [1.807, 2.05) is 6.07 Å². The van der Waals surface area contributed by atoms with E-state index < -0.39 is 5.56 Å². The summed E-state index contributed by atoms with van der Waals surface area (Å²) in [6, 6.07) is 3.35. The Labute approximate surface area is 114 Å². The number of nitrogens with zero attached hydrogens (tertiary/aromatic N) is 3. The Hall–Kier alpha value is -2.16. The molecule has 0 spiro atoms. The Morgan fingerprint density at radius 1 is 1.56 bits per heavy atom. The molecule has 0 saturated heterocycles. The second-order valence-electron chi connectivity index (χ2n) is 3.03. The van der Waals surface area contributed by atoms with Gasteiger partial charge in [-0.05, 0) is 27.5 Å². The zero-order chi connectivity index (χ0) is 13.1. The molecule has 0 atom stereocenters. The van der Waals surface area contributed by atoms with Crippen molar-refractivity contribution in [3.05, 3.63) is 32.4 Å². The Morgan fingerprint density at radius 3 is 3.00 bits per heavy atom. The first-order valence-corrected chi connectivity index (χ1v) is 6.14. The van der Waals surface area contributed by atoms with Gasteiger partial charge in [-0.15, -0.1) is 6.42 Å². The van der Waals surface area contributed by atoms with Crippen LogP contribution in [0.3, 0.4) is 0 Å². The summed E-state index contributed by atoms with van der Waals surface area (Å²) in [6.45, 7) is 0. The van der Waals surface area contributed by atoms with Crippen LogP contribution in [0.4, 0.5) is 10.8 Å². The lowest BCUT2D eigenvalue weighted by Crippen LogP contribution is -2.03. The van der Waals surface area contributed by atoms with E-state index in [0.717, 1.165) is 11.5 Å². The van der Waals surface area contributed by atoms with Crippen molar-refractivity contribution in [2.75, 3.05) is 5.32 Å². The lowest BCUT2D eigenvalue weighted by molar-refractivity contribution is 1.10. The smallest absolute Gasteiger partial charge is 0.278 e. The first kappa shape index (κ1) is 12.3. The highest BCUT2D eigenvalue weighted by atomic mass is 79.9. The fourth-order valence-corrected chi connectivity index (χ4v) is 2.24.